The zero-order valence-corrected chi connectivity index (χ0v) is 12.3. The number of nitrogens with one attached hydrogen (secondary N) is 1. The van der Waals surface area contributed by atoms with E-state index in [0.717, 1.165) is 24.2 Å². The number of methoxy groups -OCH3 is 1. The van der Waals surface area contributed by atoms with Gasteiger partial charge in [-0.05, 0) is 36.2 Å². The molecule has 0 saturated carbocycles. The summed E-state index contributed by atoms with van der Waals surface area (Å²) in [6.45, 7) is 2.15. The van der Waals surface area contributed by atoms with Gasteiger partial charge in [0, 0.05) is 5.69 Å². The molecule has 0 fully saturated rings. The molecular weight excluding hydrogens is 264 g/mol. The van der Waals surface area contributed by atoms with E-state index in [2.05, 4.69) is 23.0 Å². The highest BCUT2D eigenvalue weighted by Crippen LogP contribution is 2.27. The topological polar surface area (TPSA) is 64.3 Å². The summed E-state index contributed by atoms with van der Waals surface area (Å²) in [5.74, 6) is -0.389. The van der Waals surface area contributed by atoms with E-state index < -0.39 is 0 Å². The van der Waals surface area contributed by atoms with Crippen molar-refractivity contribution in [3.05, 3.63) is 53.6 Å². The van der Waals surface area contributed by atoms with Crippen molar-refractivity contribution < 1.29 is 9.53 Å². The van der Waals surface area contributed by atoms with E-state index in [9.17, 15) is 4.79 Å². The average molecular weight is 284 g/mol. The van der Waals surface area contributed by atoms with Crippen LogP contribution in [0, 0.1) is 0 Å². The maximum Gasteiger partial charge on any atom is 0.337 e. The summed E-state index contributed by atoms with van der Waals surface area (Å²) in [6.07, 6.45) is 2.08. The SMILES string of the molecule is CCCc1ccccc1Nc1ccc(C(=O)OC)cc1N. The predicted octanol–water partition coefficient (Wildman–Crippen LogP) is 3.75. The van der Waals surface area contributed by atoms with Crippen molar-refractivity contribution >= 4 is 23.0 Å². The highest BCUT2D eigenvalue weighted by Gasteiger charge is 2.09. The van der Waals surface area contributed by atoms with Gasteiger partial charge in [-0.25, -0.2) is 4.79 Å². The highest BCUT2D eigenvalue weighted by molar-refractivity contribution is 5.92. The number of hydrogen-bond donors (Lipinski definition) is 2. The maximum absolute atomic E-state index is 11.5. The van der Waals surface area contributed by atoms with Crippen molar-refractivity contribution in [1.82, 2.24) is 0 Å². The summed E-state index contributed by atoms with van der Waals surface area (Å²) in [4.78, 5) is 11.5. The zero-order valence-electron chi connectivity index (χ0n) is 12.3. The lowest BCUT2D eigenvalue weighted by Crippen LogP contribution is -2.04. The minimum Gasteiger partial charge on any atom is -0.465 e. The molecule has 0 unspecified atom stereocenters. The summed E-state index contributed by atoms with van der Waals surface area (Å²) in [5.41, 5.74) is 10.0. The van der Waals surface area contributed by atoms with Crippen LogP contribution in [0.1, 0.15) is 29.3 Å². The molecule has 0 saturated heterocycles. The van der Waals surface area contributed by atoms with Crippen molar-refractivity contribution in [2.24, 2.45) is 0 Å². The van der Waals surface area contributed by atoms with Crippen molar-refractivity contribution in [1.29, 1.82) is 0 Å². The normalized spacial score (nSPS) is 10.2. The second-order valence-electron chi connectivity index (χ2n) is 4.83. The first-order valence-corrected chi connectivity index (χ1v) is 6.98. The number of rotatable bonds is 5. The van der Waals surface area contributed by atoms with Gasteiger partial charge in [0.05, 0.1) is 24.0 Å². The van der Waals surface area contributed by atoms with Crippen LogP contribution >= 0.6 is 0 Å². The quantitative estimate of drug-likeness (QED) is 0.648. The molecular formula is C17H20N2O2. The molecule has 0 aliphatic carbocycles. The minimum absolute atomic E-state index is 0.389. The van der Waals surface area contributed by atoms with E-state index >= 15 is 0 Å². The van der Waals surface area contributed by atoms with Crippen molar-refractivity contribution in [2.45, 2.75) is 19.8 Å². The lowest BCUT2D eigenvalue weighted by atomic mass is 10.1. The highest BCUT2D eigenvalue weighted by atomic mass is 16.5. The summed E-state index contributed by atoms with van der Waals surface area (Å²) >= 11 is 0. The number of anilines is 3. The second kappa shape index (κ2) is 6.79. The molecule has 0 bridgehead atoms. The first-order valence-electron chi connectivity index (χ1n) is 6.98. The number of benzene rings is 2. The molecule has 2 rings (SSSR count). The van der Waals surface area contributed by atoms with Crippen molar-refractivity contribution in [3.63, 3.8) is 0 Å². The van der Waals surface area contributed by atoms with Gasteiger partial charge >= 0.3 is 5.97 Å². The molecule has 4 nitrogen and oxygen atoms in total. The maximum atomic E-state index is 11.5. The molecule has 0 atom stereocenters. The van der Waals surface area contributed by atoms with Crippen LogP contribution in [-0.4, -0.2) is 13.1 Å². The fourth-order valence-corrected chi connectivity index (χ4v) is 2.20. The Bertz CT molecular complexity index is 638. The number of aryl methyl sites for hydroxylation is 1. The fraction of sp³-hybridized carbons (Fsp3) is 0.235. The Hall–Kier alpha value is -2.49. The van der Waals surface area contributed by atoms with E-state index in [1.165, 1.54) is 12.7 Å². The summed E-state index contributed by atoms with van der Waals surface area (Å²) in [6, 6.07) is 13.3. The number of esters is 1. The molecule has 0 heterocycles. The van der Waals surface area contributed by atoms with Crippen LogP contribution in [0.15, 0.2) is 42.5 Å². The van der Waals surface area contributed by atoms with Crippen LogP contribution in [-0.2, 0) is 11.2 Å². The Morgan fingerprint density at radius 2 is 1.95 bits per heavy atom. The van der Waals surface area contributed by atoms with E-state index in [1.54, 1.807) is 18.2 Å². The molecule has 0 aliphatic rings. The van der Waals surface area contributed by atoms with Gasteiger partial charge in [-0.15, -0.1) is 0 Å². The summed E-state index contributed by atoms with van der Waals surface area (Å²) in [7, 11) is 1.35. The molecule has 110 valence electrons. The largest absolute Gasteiger partial charge is 0.465 e. The zero-order chi connectivity index (χ0) is 15.2. The van der Waals surface area contributed by atoms with Crippen LogP contribution in [0.5, 0.6) is 0 Å². The van der Waals surface area contributed by atoms with Gasteiger partial charge in [0.15, 0.2) is 0 Å². The first kappa shape index (κ1) is 14.9. The first-order chi connectivity index (χ1) is 10.2. The number of para-hydroxylation sites is 1. The van der Waals surface area contributed by atoms with Crippen molar-refractivity contribution in [2.75, 3.05) is 18.2 Å². The van der Waals surface area contributed by atoms with E-state index in [4.69, 9.17) is 5.73 Å². The van der Waals surface area contributed by atoms with Gasteiger partial charge < -0.3 is 15.8 Å². The monoisotopic (exact) mass is 284 g/mol. The Balaban J connectivity index is 2.26. The molecule has 0 amide bonds. The lowest BCUT2D eigenvalue weighted by molar-refractivity contribution is 0.0601. The molecule has 0 radical (unpaired) electrons. The van der Waals surface area contributed by atoms with Gasteiger partial charge in [0.2, 0.25) is 0 Å². The smallest absolute Gasteiger partial charge is 0.337 e. The van der Waals surface area contributed by atoms with Gasteiger partial charge in [-0.2, -0.15) is 0 Å². The van der Waals surface area contributed by atoms with Crippen LogP contribution in [0.25, 0.3) is 0 Å². The molecule has 4 heteroatoms. The minimum atomic E-state index is -0.389. The van der Waals surface area contributed by atoms with E-state index in [0.29, 0.717) is 11.3 Å². The number of nitrogen functional groups attached to an aromatic ring is 1. The van der Waals surface area contributed by atoms with Crippen LogP contribution in [0.4, 0.5) is 17.1 Å². The van der Waals surface area contributed by atoms with Crippen LogP contribution in [0.3, 0.4) is 0 Å². The van der Waals surface area contributed by atoms with E-state index in [1.807, 2.05) is 18.2 Å². The number of hydrogen-bond acceptors (Lipinski definition) is 4. The number of carbonyl (C=O) groups excluding carboxylic acids is 1. The predicted molar refractivity (Wildman–Crippen MR) is 85.9 cm³/mol. The van der Waals surface area contributed by atoms with Gasteiger partial charge in [0.25, 0.3) is 0 Å². The second-order valence-corrected chi connectivity index (χ2v) is 4.83. The Morgan fingerprint density at radius 1 is 1.19 bits per heavy atom. The molecule has 2 aromatic carbocycles. The number of nitrogens with two attached hydrogens (primary N) is 1. The molecule has 3 N–H and O–H groups in total. The molecule has 2 aromatic rings. The Morgan fingerprint density at radius 3 is 2.62 bits per heavy atom. The summed E-state index contributed by atoms with van der Waals surface area (Å²) in [5, 5.41) is 3.33. The van der Waals surface area contributed by atoms with Crippen LogP contribution < -0.4 is 11.1 Å². The van der Waals surface area contributed by atoms with Crippen molar-refractivity contribution in [3.8, 4) is 0 Å². The fourth-order valence-electron chi connectivity index (χ4n) is 2.20. The average Bonchev–Trinajstić information content (AvgIpc) is 2.50. The van der Waals surface area contributed by atoms with E-state index in [-0.39, 0.29) is 5.97 Å². The molecule has 0 aromatic heterocycles. The third-order valence-corrected chi connectivity index (χ3v) is 3.28. The van der Waals surface area contributed by atoms with Gasteiger partial charge in [-0.1, -0.05) is 31.5 Å². The Kier molecular flexibility index (Phi) is 4.82. The number of ether oxygens (including phenoxy) is 1. The van der Waals surface area contributed by atoms with Gasteiger partial charge in [-0.3, -0.25) is 0 Å². The van der Waals surface area contributed by atoms with Gasteiger partial charge in [0.1, 0.15) is 0 Å². The third-order valence-electron chi connectivity index (χ3n) is 3.28. The molecule has 0 spiro atoms. The van der Waals surface area contributed by atoms with Crippen LogP contribution in [0.2, 0.25) is 0 Å². The Labute approximate surface area is 124 Å². The summed E-state index contributed by atoms with van der Waals surface area (Å²) < 4.78 is 4.69. The standard InChI is InChI=1S/C17H20N2O2/c1-3-6-12-7-4-5-8-15(12)19-16-10-9-13(11-14(16)18)17(20)21-2/h4-5,7-11,19H,3,6,18H2,1-2H3. The number of carbonyl (C=O) groups is 1. The molecule has 0 aliphatic heterocycles. The third kappa shape index (κ3) is 3.54. The molecule has 21 heavy (non-hydrogen) atoms. The lowest BCUT2D eigenvalue weighted by Gasteiger charge is -2.14.